The molecule has 0 spiro atoms. The standard InChI is InChI=1S/C12H16N2O3S/c1-2-18-7-5-10(12(16)17)14-11(15)9-4-3-6-13-8-9/h3-4,6,8,10H,2,5,7H2,1H3,(H,14,15)(H,16,17). The summed E-state index contributed by atoms with van der Waals surface area (Å²) in [6.45, 7) is 2.01. The number of aromatic nitrogens is 1. The summed E-state index contributed by atoms with van der Waals surface area (Å²) in [6, 6.07) is 2.39. The second-order valence-corrected chi connectivity index (χ2v) is 4.99. The quantitative estimate of drug-likeness (QED) is 0.731. The van der Waals surface area contributed by atoms with Crippen LogP contribution in [-0.2, 0) is 4.79 Å². The molecule has 0 saturated heterocycles. The number of carbonyl (C=O) groups excluding carboxylic acids is 1. The predicted octanol–water partition coefficient (Wildman–Crippen LogP) is 1.41. The van der Waals surface area contributed by atoms with Crippen LogP contribution in [0.5, 0.6) is 0 Å². The maximum absolute atomic E-state index is 11.8. The van der Waals surface area contributed by atoms with E-state index in [4.69, 9.17) is 5.11 Å². The van der Waals surface area contributed by atoms with Gasteiger partial charge in [0.05, 0.1) is 5.56 Å². The van der Waals surface area contributed by atoms with E-state index in [1.165, 1.54) is 6.20 Å². The largest absolute Gasteiger partial charge is 0.480 e. The molecule has 0 saturated carbocycles. The first-order chi connectivity index (χ1) is 8.65. The number of nitrogens with zero attached hydrogens (tertiary/aromatic N) is 1. The van der Waals surface area contributed by atoms with Crippen LogP contribution in [0.25, 0.3) is 0 Å². The lowest BCUT2D eigenvalue weighted by atomic mass is 10.2. The van der Waals surface area contributed by atoms with Crippen LogP contribution < -0.4 is 5.32 Å². The number of hydrogen-bond acceptors (Lipinski definition) is 4. The Labute approximate surface area is 110 Å². The number of amides is 1. The fourth-order valence-corrected chi connectivity index (χ4v) is 2.03. The predicted molar refractivity (Wildman–Crippen MR) is 70.7 cm³/mol. The van der Waals surface area contributed by atoms with Crippen LogP contribution in [0.15, 0.2) is 24.5 Å². The molecule has 6 heteroatoms. The number of thioether (sulfide) groups is 1. The van der Waals surface area contributed by atoms with Crippen LogP contribution in [0.1, 0.15) is 23.7 Å². The lowest BCUT2D eigenvalue weighted by molar-refractivity contribution is -0.139. The molecule has 1 rings (SSSR count). The highest BCUT2D eigenvalue weighted by atomic mass is 32.2. The van der Waals surface area contributed by atoms with Gasteiger partial charge in [-0.2, -0.15) is 11.8 Å². The number of carboxylic acid groups (broad SMARTS) is 1. The van der Waals surface area contributed by atoms with Crippen molar-refractivity contribution in [3.8, 4) is 0 Å². The van der Waals surface area contributed by atoms with Gasteiger partial charge in [0.2, 0.25) is 0 Å². The van der Waals surface area contributed by atoms with Crippen LogP contribution in [0.2, 0.25) is 0 Å². The fraction of sp³-hybridized carbons (Fsp3) is 0.417. The van der Waals surface area contributed by atoms with Crippen LogP contribution in [0.3, 0.4) is 0 Å². The molecule has 18 heavy (non-hydrogen) atoms. The van der Waals surface area contributed by atoms with E-state index in [-0.39, 0.29) is 0 Å². The van der Waals surface area contributed by atoms with Crippen molar-refractivity contribution in [1.82, 2.24) is 10.3 Å². The number of pyridine rings is 1. The monoisotopic (exact) mass is 268 g/mol. The minimum Gasteiger partial charge on any atom is -0.480 e. The van der Waals surface area contributed by atoms with Crippen molar-refractivity contribution in [3.05, 3.63) is 30.1 Å². The Hall–Kier alpha value is -1.56. The van der Waals surface area contributed by atoms with E-state index in [9.17, 15) is 9.59 Å². The first-order valence-corrected chi connectivity index (χ1v) is 6.82. The molecule has 0 aliphatic rings. The maximum Gasteiger partial charge on any atom is 0.326 e. The SMILES string of the molecule is CCSCCC(NC(=O)c1cccnc1)C(=O)O. The Kier molecular flexibility index (Phi) is 6.21. The minimum absolute atomic E-state index is 0.367. The molecule has 98 valence electrons. The van der Waals surface area contributed by atoms with Crippen molar-refractivity contribution in [1.29, 1.82) is 0 Å². The van der Waals surface area contributed by atoms with Crippen molar-refractivity contribution >= 4 is 23.6 Å². The van der Waals surface area contributed by atoms with E-state index in [1.54, 1.807) is 30.1 Å². The molecule has 5 nitrogen and oxygen atoms in total. The van der Waals surface area contributed by atoms with Crippen molar-refractivity contribution in [2.75, 3.05) is 11.5 Å². The molecule has 1 aromatic heterocycles. The highest BCUT2D eigenvalue weighted by Crippen LogP contribution is 2.05. The summed E-state index contributed by atoms with van der Waals surface area (Å²) in [4.78, 5) is 26.6. The van der Waals surface area contributed by atoms with Gasteiger partial charge in [-0.25, -0.2) is 4.79 Å². The second-order valence-electron chi connectivity index (χ2n) is 3.59. The van der Waals surface area contributed by atoms with Gasteiger partial charge in [-0.05, 0) is 30.1 Å². The molecule has 0 bridgehead atoms. The molecule has 1 amide bonds. The lowest BCUT2D eigenvalue weighted by Crippen LogP contribution is -2.41. The second kappa shape index (κ2) is 7.71. The molecule has 1 aromatic rings. The summed E-state index contributed by atoms with van der Waals surface area (Å²) in [5.41, 5.74) is 0.367. The molecule has 0 aliphatic carbocycles. The molecule has 1 atom stereocenters. The number of hydrogen-bond donors (Lipinski definition) is 2. The van der Waals surface area contributed by atoms with Gasteiger partial charge in [-0.15, -0.1) is 0 Å². The lowest BCUT2D eigenvalue weighted by Gasteiger charge is -2.13. The molecule has 1 heterocycles. The highest BCUT2D eigenvalue weighted by molar-refractivity contribution is 7.99. The molecule has 2 N–H and O–H groups in total. The van der Waals surface area contributed by atoms with Gasteiger partial charge >= 0.3 is 5.97 Å². The Morgan fingerprint density at radius 1 is 1.56 bits per heavy atom. The van der Waals surface area contributed by atoms with Crippen LogP contribution in [0, 0.1) is 0 Å². The zero-order valence-electron chi connectivity index (χ0n) is 10.1. The third-order valence-corrected chi connectivity index (χ3v) is 3.21. The zero-order valence-corrected chi connectivity index (χ0v) is 10.9. The third-order valence-electron chi connectivity index (χ3n) is 2.28. The topological polar surface area (TPSA) is 79.3 Å². The van der Waals surface area contributed by atoms with Crippen molar-refractivity contribution in [2.45, 2.75) is 19.4 Å². The number of rotatable bonds is 7. The van der Waals surface area contributed by atoms with Gasteiger partial charge < -0.3 is 10.4 Å². The molecule has 0 aromatic carbocycles. The van der Waals surface area contributed by atoms with E-state index < -0.39 is 17.9 Å². The van der Waals surface area contributed by atoms with Gasteiger partial charge in [-0.3, -0.25) is 9.78 Å². The van der Waals surface area contributed by atoms with Crippen molar-refractivity contribution in [2.24, 2.45) is 0 Å². The van der Waals surface area contributed by atoms with Gasteiger partial charge in [0.15, 0.2) is 0 Å². The van der Waals surface area contributed by atoms with E-state index in [1.807, 2.05) is 6.92 Å². The molecular formula is C12H16N2O3S. The Balaban J connectivity index is 2.55. The fourth-order valence-electron chi connectivity index (χ4n) is 1.34. The molecule has 1 unspecified atom stereocenters. The molecule has 0 aliphatic heterocycles. The number of aliphatic carboxylic acids is 1. The smallest absolute Gasteiger partial charge is 0.326 e. The summed E-state index contributed by atoms with van der Waals surface area (Å²) in [6.07, 6.45) is 3.39. The summed E-state index contributed by atoms with van der Waals surface area (Å²) >= 11 is 1.65. The summed E-state index contributed by atoms with van der Waals surface area (Å²) in [5.74, 6) is 0.227. The average Bonchev–Trinajstić information content (AvgIpc) is 2.38. The zero-order chi connectivity index (χ0) is 13.4. The molecule has 0 fully saturated rings. The van der Waals surface area contributed by atoms with Crippen molar-refractivity contribution < 1.29 is 14.7 Å². The first kappa shape index (κ1) is 14.5. The summed E-state index contributed by atoms with van der Waals surface area (Å²) in [7, 11) is 0. The average molecular weight is 268 g/mol. The van der Waals surface area contributed by atoms with Crippen molar-refractivity contribution in [3.63, 3.8) is 0 Å². The number of carboxylic acids is 1. The Morgan fingerprint density at radius 3 is 2.89 bits per heavy atom. The Bertz CT molecular complexity index is 398. The van der Waals surface area contributed by atoms with E-state index in [2.05, 4.69) is 10.3 Å². The normalized spacial score (nSPS) is 11.8. The van der Waals surface area contributed by atoms with Gasteiger partial charge in [0.25, 0.3) is 5.91 Å². The van der Waals surface area contributed by atoms with E-state index in [0.29, 0.717) is 17.7 Å². The van der Waals surface area contributed by atoms with Crippen LogP contribution >= 0.6 is 11.8 Å². The third kappa shape index (κ3) is 4.75. The summed E-state index contributed by atoms with van der Waals surface area (Å²) < 4.78 is 0. The van der Waals surface area contributed by atoms with Gasteiger partial charge in [0.1, 0.15) is 6.04 Å². The summed E-state index contributed by atoms with van der Waals surface area (Å²) in [5, 5.41) is 11.5. The number of nitrogens with one attached hydrogen (secondary N) is 1. The number of carbonyl (C=O) groups is 2. The van der Waals surface area contributed by atoms with Crippen LogP contribution in [0.4, 0.5) is 0 Å². The maximum atomic E-state index is 11.8. The van der Waals surface area contributed by atoms with E-state index >= 15 is 0 Å². The van der Waals surface area contributed by atoms with Gasteiger partial charge in [0, 0.05) is 12.4 Å². The van der Waals surface area contributed by atoms with E-state index in [0.717, 1.165) is 5.75 Å². The highest BCUT2D eigenvalue weighted by Gasteiger charge is 2.20. The van der Waals surface area contributed by atoms with Crippen LogP contribution in [-0.4, -0.2) is 39.5 Å². The Morgan fingerprint density at radius 2 is 2.33 bits per heavy atom. The van der Waals surface area contributed by atoms with Gasteiger partial charge in [-0.1, -0.05) is 6.92 Å². The molecule has 0 radical (unpaired) electrons. The molecular weight excluding hydrogens is 252 g/mol. The minimum atomic E-state index is -1.01. The first-order valence-electron chi connectivity index (χ1n) is 5.66.